The van der Waals surface area contributed by atoms with E-state index < -0.39 is 0 Å². The van der Waals surface area contributed by atoms with E-state index in [0.29, 0.717) is 0 Å². The minimum Gasteiger partial charge on any atom is -0.319 e. The van der Waals surface area contributed by atoms with Crippen molar-refractivity contribution in [1.82, 2.24) is 18.9 Å². The number of nitrogens with zero attached hydrogens (tertiary/aromatic N) is 4. The lowest BCUT2D eigenvalue weighted by molar-refractivity contribution is 0.768. The molecule has 0 spiro atoms. The molecule has 0 unspecified atom stereocenters. The summed E-state index contributed by atoms with van der Waals surface area (Å²) in [5.41, 5.74) is 2.98. The van der Waals surface area contributed by atoms with Gasteiger partial charge in [0.15, 0.2) is 0 Å². The largest absolute Gasteiger partial charge is 0.319 e. The van der Waals surface area contributed by atoms with Crippen LogP contribution in [0.2, 0.25) is 0 Å². The number of hydrogen-bond acceptors (Lipinski definition) is 3. The zero-order chi connectivity index (χ0) is 15.9. The number of rotatable bonds is 2. The van der Waals surface area contributed by atoms with Crippen molar-refractivity contribution in [2.24, 2.45) is 21.1 Å². The smallest absolute Gasteiger partial charge is 0.250 e. The fourth-order valence-electron chi connectivity index (χ4n) is 2.38. The van der Waals surface area contributed by atoms with Gasteiger partial charge in [-0.3, -0.25) is 14.3 Å². The lowest BCUT2D eigenvalue weighted by Crippen LogP contribution is -2.17. The Hall–Kier alpha value is -2.89. The second-order valence-corrected chi connectivity index (χ2v) is 5.32. The normalized spacial score (nSPS) is 10.9. The van der Waals surface area contributed by atoms with Gasteiger partial charge in [0.25, 0.3) is 11.1 Å². The van der Waals surface area contributed by atoms with Crippen molar-refractivity contribution in [1.29, 1.82) is 0 Å². The Morgan fingerprint density at radius 3 is 2.23 bits per heavy atom. The summed E-state index contributed by atoms with van der Waals surface area (Å²) in [6.45, 7) is 0. The van der Waals surface area contributed by atoms with E-state index in [9.17, 15) is 9.59 Å². The maximum absolute atomic E-state index is 12.0. The molecule has 3 heterocycles. The molecule has 22 heavy (non-hydrogen) atoms. The molecule has 0 N–H and O–H groups in total. The van der Waals surface area contributed by atoms with Crippen LogP contribution in [0.25, 0.3) is 22.3 Å². The van der Waals surface area contributed by atoms with Crippen LogP contribution in [0.1, 0.15) is 0 Å². The van der Waals surface area contributed by atoms with E-state index in [4.69, 9.17) is 0 Å². The Morgan fingerprint density at radius 2 is 1.59 bits per heavy atom. The second-order valence-electron chi connectivity index (χ2n) is 5.32. The molecule has 0 radical (unpaired) electrons. The van der Waals surface area contributed by atoms with Crippen LogP contribution in [0.5, 0.6) is 0 Å². The molecule has 0 bridgehead atoms. The highest BCUT2D eigenvalue weighted by atomic mass is 16.1. The van der Waals surface area contributed by atoms with Crippen LogP contribution in [-0.2, 0) is 21.1 Å². The van der Waals surface area contributed by atoms with Gasteiger partial charge in [-0.1, -0.05) is 0 Å². The Bertz CT molecular complexity index is 963. The van der Waals surface area contributed by atoms with Crippen LogP contribution in [0.3, 0.4) is 0 Å². The van der Waals surface area contributed by atoms with Gasteiger partial charge in [-0.25, -0.2) is 0 Å². The van der Waals surface area contributed by atoms with Gasteiger partial charge in [0.2, 0.25) is 0 Å². The molecule has 0 aliphatic carbocycles. The molecule has 3 aromatic heterocycles. The highest BCUT2D eigenvalue weighted by Crippen LogP contribution is 2.29. The first-order chi connectivity index (χ1) is 10.5. The van der Waals surface area contributed by atoms with E-state index >= 15 is 0 Å². The van der Waals surface area contributed by atoms with E-state index in [2.05, 4.69) is 5.10 Å². The molecule has 0 atom stereocenters. The number of aromatic nitrogens is 4. The van der Waals surface area contributed by atoms with Gasteiger partial charge in [-0.15, -0.1) is 0 Å². The maximum atomic E-state index is 12.0. The fraction of sp³-hybridized carbons (Fsp3) is 0.188. The number of aryl methyl sites for hydroxylation is 3. The highest BCUT2D eigenvalue weighted by molar-refractivity contribution is 5.82. The lowest BCUT2D eigenvalue weighted by atomic mass is 9.99. The maximum Gasteiger partial charge on any atom is 0.250 e. The van der Waals surface area contributed by atoms with Crippen molar-refractivity contribution in [3.8, 4) is 22.3 Å². The fourth-order valence-corrected chi connectivity index (χ4v) is 2.38. The molecule has 3 rings (SSSR count). The van der Waals surface area contributed by atoms with Crippen LogP contribution in [0.4, 0.5) is 0 Å². The van der Waals surface area contributed by atoms with Crippen LogP contribution in [0.15, 0.2) is 52.6 Å². The molecule has 0 saturated carbocycles. The molecule has 112 valence electrons. The molecular formula is C16H16N4O2. The topological polar surface area (TPSA) is 61.8 Å². The van der Waals surface area contributed by atoms with Gasteiger partial charge in [0, 0.05) is 63.0 Å². The first-order valence-electron chi connectivity index (χ1n) is 6.82. The Morgan fingerprint density at radius 1 is 0.864 bits per heavy atom. The minimum atomic E-state index is -0.122. The summed E-state index contributed by atoms with van der Waals surface area (Å²) in [5, 5.41) is 4.17. The first-order valence-corrected chi connectivity index (χ1v) is 6.82. The predicted octanol–water partition coefficient (Wildman–Crippen LogP) is 1.15. The van der Waals surface area contributed by atoms with Crippen molar-refractivity contribution in [3.63, 3.8) is 0 Å². The van der Waals surface area contributed by atoms with Crippen molar-refractivity contribution in [2.45, 2.75) is 0 Å². The summed E-state index contributed by atoms with van der Waals surface area (Å²) in [7, 11) is 5.23. The van der Waals surface area contributed by atoms with Gasteiger partial charge in [0.1, 0.15) is 0 Å². The quantitative estimate of drug-likeness (QED) is 0.713. The van der Waals surface area contributed by atoms with Gasteiger partial charge in [-0.05, 0) is 17.2 Å². The summed E-state index contributed by atoms with van der Waals surface area (Å²) in [6.07, 6.45) is 7.09. The second kappa shape index (κ2) is 5.14. The summed E-state index contributed by atoms with van der Waals surface area (Å²) in [6, 6.07) is 4.92. The van der Waals surface area contributed by atoms with Crippen molar-refractivity contribution in [2.75, 3.05) is 0 Å². The van der Waals surface area contributed by atoms with Crippen molar-refractivity contribution < 1.29 is 0 Å². The number of hydrogen-bond donors (Lipinski definition) is 0. The Balaban J connectivity index is 2.30. The van der Waals surface area contributed by atoms with Gasteiger partial charge in [0.05, 0.1) is 6.20 Å². The lowest BCUT2D eigenvalue weighted by Gasteiger charge is -2.10. The third kappa shape index (κ3) is 2.39. The molecular weight excluding hydrogens is 280 g/mol. The van der Waals surface area contributed by atoms with E-state index in [1.165, 1.54) is 15.2 Å². The van der Waals surface area contributed by atoms with E-state index in [0.717, 1.165) is 22.3 Å². The van der Waals surface area contributed by atoms with Crippen LogP contribution >= 0.6 is 0 Å². The van der Waals surface area contributed by atoms with Crippen LogP contribution in [0, 0.1) is 0 Å². The monoisotopic (exact) mass is 296 g/mol. The predicted molar refractivity (Wildman–Crippen MR) is 84.6 cm³/mol. The van der Waals surface area contributed by atoms with E-state index in [1.807, 2.05) is 19.3 Å². The summed E-state index contributed by atoms with van der Waals surface area (Å²) in [5.74, 6) is 0. The molecule has 0 amide bonds. The summed E-state index contributed by atoms with van der Waals surface area (Å²) in [4.78, 5) is 23.9. The van der Waals surface area contributed by atoms with Gasteiger partial charge < -0.3 is 9.13 Å². The molecule has 0 aliphatic heterocycles. The molecule has 0 aromatic carbocycles. The first kappa shape index (κ1) is 14.1. The SMILES string of the molecule is Cn1cc(-c2cn(C)c(=O)cc2-c2ccn(C)c(=O)c2)cn1. The van der Waals surface area contributed by atoms with Gasteiger partial charge in [-0.2, -0.15) is 5.10 Å². The number of pyridine rings is 2. The molecule has 6 heteroatoms. The standard InChI is InChI=1S/C16H16N4O2/c1-18-5-4-11(6-15(18)21)13-7-16(22)19(2)10-14(13)12-8-17-20(3)9-12/h4-10H,1-3H3. The molecule has 0 aliphatic rings. The average molecular weight is 296 g/mol. The van der Waals surface area contributed by atoms with Crippen LogP contribution in [-0.4, -0.2) is 18.9 Å². The zero-order valence-corrected chi connectivity index (χ0v) is 12.6. The Labute approximate surface area is 126 Å². The average Bonchev–Trinajstić information content (AvgIpc) is 2.91. The summed E-state index contributed by atoms with van der Waals surface area (Å²) < 4.78 is 4.72. The molecule has 0 saturated heterocycles. The molecule has 3 aromatic rings. The Kier molecular flexibility index (Phi) is 3.29. The molecule has 0 fully saturated rings. The third-order valence-electron chi connectivity index (χ3n) is 3.66. The zero-order valence-electron chi connectivity index (χ0n) is 12.6. The molecule has 6 nitrogen and oxygen atoms in total. The van der Waals surface area contributed by atoms with Crippen molar-refractivity contribution >= 4 is 0 Å². The summed E-state index contributed by atoms with van der Waals surface area (Å²) >= 11 is 0. The minimum absolute atomic E-state index is 0.115. The highest BCUT2D eigenvalue weighted by Gasteiger charge is 2.12. The van der Waals surface area contributed by atoms with Crippen LogP contribution < -0.4 is 11.1 Å². The van der Waals surface area contributed by atoms with E-state index in [1.54, 1.807) is 43.4 Å². The van der Waals surface area contributed by atoms with Gasteiger partial charge >= 0.3 is 0 Å². The van der Waals surface area contributed by atoms with E-state index in [-0.39, 0.29) is 11.1 Å². The van der Waals surface area contributed by atoms with Crippen molar-refractivity contribution in [3.05, 3.63) is 63.7 Å². The third-order valence-corrected chi connectivity index (χ3v) is 3.66.